The average Bonchev–Trinajstić information content (AvgIpc) is 3.19. The third-order valence-corrected chi connectivity index (χ3v) is 5.82. The Morgan fingerprint density at radius 2 is 2.08 bits per heavy atom. The van der Waals surface area contributed by atoms with E-state index in [-0.39, 0.29) is 0 Å². The summed E-state index contributed by atoms with van der Waals surface area (Å²) in [6.07, 6.45) is 2.67. The summed E-state index contributed by atoms with van der Waals surface area (Å²) < 4.78 is 11.9. The molecule has 0 aliphatic heterocycles. The number of halogens is 1. The van der Waals surface area contributed by atoms with Crippen LogP contribution < -0.4 is 9.47 Å². The third-order valence-electron chi connectivity index (χ3n) is 4.12. The van der Waals surface area contributed by atoms with E-state index in [2.05, 4.69) is 20.9 Å². The molecule has 1 heterocycles. The van der Waals surface area contributed by atoms with Crippen molar-refractivity contribution < 1.29 is 9.47 Å². The van der Waals surface area contributed by atoms with Gasteiger partial charge in [-0.1, -0.05) is 39.4 Å². The monoisotopic (exact) mass is 414 g/mol. The summed E-state index contributed by atoms with van der Waals surface area (Å²) in [6, 6.07) is 11.8. The van der Waals surface area contributed by atoms with Gasteiger partial charge >= 0.3 is 0 Å². The number of aliphatic imine (C=N–C) groups is 1. The van der Waals surface area contributed by atoms with Crippen LogP contribution in [0.4, 0.5) is 5.13 Å². The summed E-state index contributed by atoms with van der Waals surface area (Å²) in [5, 5.41) is 0.750. The Morgan fingerprint density at radius 3 is 2.88 bits per heavy atom. The number of fused-ring (bicyclic) bond motifs is 3. The van der Waals surface area contributed by atoms with Crippen molar-refractivity contribution in [2.75, 3.05) is 14.2 Å². The van der Waals surface area contributed by atoms with Crippen molar-refractivity contribution in [2.24, 2.45) is 4.99 Å². The van der Waals surface area contributed by atoms with Gasteiger partial charge in [0, 0.05) is 27.5 Å². The largest absolute Gasteiger partial charge is 0.497 e. The lowest BCUT2D eigenvalue weighted by Crippen LogP contribution is -1.90. The molecule has 4 nitrogen and oxygen atoms in total. The lowest BCUT2D eigenvalue weighted by molar-refractivity contribution is 0.414. The zero-order chi connectivity index (χ0) is 17.4. The molecule has 0 N–H and O–H groups in total. The highest BCUT2D eigenvalue weighted by atomic mass is 79.9. The van der Waals surface area contributed by atoms with Gasteiger partial charge in [0.25, 0.3) is 0 Å². The van der Waals surface area contributed by atoms with Crippen molar-refractivity contribution in [3.05, 3.63) is 56.9 Å². The van der Waals surface area contributed by atoms with Crippen molar-refractivity contribution in [1.82, 2.24) is 4.98 Å². The van der Waals surface area contributed by atoms with Gasteiger partial charge in [-0.25, -0.2) is 9.98 Å². The summed E-state index contributed by atoms with van der Waals surface area (Å²) >= 11 is 5.25. The number of hydrogen-bond donors (Lipinski definition) is 0. The predicted octanol–water partition coefficient (Wildman–Crippen LogP) is 5.24. The maximum atomic E-state index is 5.52. The van der Waals surface area contributed by atoms with Crippen molar-refractivity contribution in [3.8, 4) is 22.8 Å². The van der Waals surface area contributed by atoms with Crippen LogP contribution in [0.5, 0.6) is 11.5 Å². The lowest BCUT2D eigenvalue weighted by Gasteiger charge is -2.08. The summed E-state index contributed by atoms with van der Waals surface area (Å²) in [6.45, 7) is 0. The van der Waals surface area contributed by atoms with E-state index in [0.717, 1.165) is 44.3 Å². The molecule has 6 heteroatoms. The summed E-state index contributed by atoms with van der Waals surface area (Å²) in [5.41, 5.74) is 4.27. The number of nitrogens with zero attached hydrogens (tertiary/aromatic N) is 2. The Morgan fingerprint density at radius 1 is 1.20 bits per heavy atom. The van der Waals surface area contributed by atoms with Crippen molar-refractivity contribution in [2.45, 2.75) is 6.42 Å². The Kier molecular flexibility index (Phi) is 4.31. The van der Waals surface area contributed by atoms with Crippen LogP contribution in [-0.4, -0.2) is 25.4 Å². The minimum atomic E-state index is 0.750. The summed E-state index contributed by atoms with van der Waals surface area (Å²) in [5.74, 6) is 1.67. The maximum Gasteiger partial charge on any atom is 0.209 e. The minimum Gasteiger partial charge on any atom is -0.497 e. The second-order valence-corrected chi connectivity index (χ2v) is 7.50. The molecule has 0 fully saturated rings. The molecule has 0 saturated heterocycles. The van der Waals surface area contributed by atoms with Crippen LogP contribution in [0.25, 0.3) is 11.3 Å². The molecular weight excluding hydrogens is 400 g/mol. The molecule has 126 valence electrons. The molecule has 1 aliphatic rings. The van der Waals surface area contributed by atoms with Crippen LogP contribution in [0.15, 0.2) is 45.9 Å². The van der Waals surface area contributed by atoms with Gasteiger partial charge in [0.15, 0.2) is 0 Å². The molecule has 0 spiro atoms. The Hall–Kier alpha value is -2.18. The molecule has 3 aromatic rings. The van der Waals surface area contributed by atoms with Crippen LogP contribution in [0.1, 0.15) is 16.0 Å². The smallest absolute Gasteiger partial charge is 0.209 e. The Balaban J connectivity index is 1.68. The van der Waals surface area contributed by atoms with Gasteiger partial charge in [-0.15, -0.1) is 0 Å². The molecule has 25 heavy (non-hydrogen) atoms. The molecule has 0 saturated carbocycles. The first kappa shape index (κ1) is 16.3. The highest BCUT2D eigenvalue weighted by Gasteiger charge is 2.28. The second kappa shape index (κ2) is 6.61. The molecule has 0 radical (unpaired) electrons. The van der Waals surface area contributed by atoms with Gasteiger partial charge in [-0.2, -0.15) is 0 Å². The highest BCUT2D eigenvalue weighted by molar-refractivity contribution is 9.10. The van der Waals surface area contributed by atoms with Crippen LogP contribution in [0.2, 0.25) is 0 Å². The first-order valence-electron chi connectivity index (χ1n) is 7.73. The zero-order valence-corrected chi connectivity index (χ0v) is 16.1. The fraction of sp³-hybridized carbons (Fsp3) is 0.158. The molecule has 2 aromatic carbocycles. The number of methoxy groups -OCH3 is 2. The van der Waals surface area contributed by atoms with Gasteiger partial charge in [0.1, 0.15) is 11.5 Å². The summed E-state index contributed by atoms with van der Waals surface area (Å²) in [4.78, 5) is 10.5. The van der Waals surface area contributed by atoms with Crippen LogP contribution >= 0.6 is 27.3 Å². The van der Waals surface area contributed by atoms with E-state index >= 15 is 0 Å². The molecule has 0 bridgehead atoms. The normalized spacial score (nSPS) is 12.3. The van der Waals surface area contributed by atoms with Crippen molar-refractivity contribution in [3.63, 3.8) is 0 Å². The maximum absolute atomic E-state index is 5.52. The third kappa shape index (κ3) is 2.96. The number of aromatic nitrogens is 1. The fourth-order valence-electron chi connectivity index (χ4n) is 2.93. The molecule has 0 unspecified atom stereocenters. The standard InChI is InChI=1S/C19H15BrN2O2S/c1-23-12-5-3-4-11(8-12)10-21-19-22-18-16(25-19)9-13-14(20)6-7-15(24-2)17(13)18/h3-8,10H,9H2,1-2H3. The number of hydrogen-bond acceptors (Lipinski definition) is 5. The number of thiazole rings is 1. The molecule has 1 aromatic heterocycles. The van der Waals surface area contributed by atoms with E-state index in [4.69, 9.17) is 14.5 Å². The van der Waals surface area contributed by atoms with E-state index in [9.17, 15) is 0 Å². The van der Waals surface area contributed by atoms with Gasteiger partial charge < -0.3 is 9.47 Å². The minimum absolute atomic E-state index is 0.750. The van der Waals surface area contributed by atoms with Crippen LogP contribution in [0, 0.1) is 0 Å². The van der Waals surface area contributed by atoms with E-state index < -0.39 is 0 Å². The van der Waals surface area contributed by atoms with Crippen molar-refractivity contribution in [1.29, 1.82) is 0 Å². The molecule has 0 atom stereocenters. The predicted molar refractivity (Wildman–Crippen MR) is 105 cm³/mol. The van der Waals surface area contributed by atoms with Gasteiger partial charge in [-0.3, -0.25) is 0 Å². The number of ether oxygens (including phenoxy) is 2. The zero-order valence-electron chi connectivity index (χ0n) is 13.7. The van der Waals surface area contributed by atoms with Gasteiger partial charge in [0.2, 0.25) is 5.13 Å². The Bertz CT molecular complexity index is 982. The Labute approximate surface area is 158 Å². The molecule has 0 amide bonds. The average molecular weight is 415 g/mol. The van der Waals surface area contributed by atoms with E-state index in [1.54, 1.807) is 25.6 Å². The van der Waals surface area contributed by atoms with Crippen molar-refractivity contribution >= 4 is 38.6 Å². The van der Waals surface area contributed by atoms with E-state index in [0.29, 0.717) is 0 Å². The van der Waals surface area contributed by atoms with Crippen LogP contribution in [0.3, 0.4) is 0 Å². The molecular formula is C19H15BrN2O2S. The van der Waals surface area contributed by atoms with Gasteiger partial charge in [-0.05, 0) is 35.4 Å². The van der Waals surface area contributed by atoms with E-state index in [1.165, 1.54) is 10.4 Å². The topological polar surface area (TPSA) is 43.7 Å². The fourth-order valence-corrected chi connectivity index (χ4v) is 4.32. The SMILES string of the molecule is COc1cccc(C=Nc2nc3c(s2)Cc2c(Br)ccc(OC)c2-3)c1. The first-order chi connectivity index (χ1) is 12.2. The van der Waals surface area contributed by atoms with Crippen LogP contribution in [-0.2, 0) is 6.42 Å². The highest BCUT2D eigenvalue weighted by Crippen LogP contribution is 2.48. The van der Waals surface area contributed by atoms with E-state index in [1.807, 2.05) is 42.6 Å². The summed E-state index contributed by atoms with van der Waals surface area (Å²) in [7, 11) is 3.35. The lowest BCUT2D eigenvalue weighted by atomic mass is 10.1. The quantitative estimate of drug-likeness (QED) is 0.428. The number of rotatable bonds is 4. The molecule has 1 aliphatic carbocycles. The first-order valence-corrected chi connectivity index (χ1v) is 9.34. The second-order valence-electron chi connectivity index (χ2n) is 5.58. The number of benzene rings is 2. The van der Waals surface area contributed by atoms with Gasteiger partial charge in [0.05, 0.1) is 19.9 Å². The molecule has 4 rings (SSSR count).